The van der Waals surface area contributed by atoms with Crippen molar-refractivity contribution < 1.29 is 4.57 Å². The zero-order chi connectivity index (χ0) is 17.8. The van der Waals surface area contributed by atoms with Crippen LogP contribution in [0.1, 0.15) is 73.4 Å². The molecule has 0 spiro atoms. The summed E-state index contributed by atoms with van der Waals surface area (Å²) in [6, 6.07) is 6.50. The molecule has 0 radical (unpaired) electrons. The summed E-state index contributed by atoms with van der Waals surface area (Å²) in [5.74, 6) is 1.09. The Morgan fingerprint density at radius 3 is 2.38 bits per heavy atom. The number of pyridine rings is 1. The molecule has 132 valence electrons. The molecule has 1 N–H and O–H groups in total. The maximum absolute atomic E-state index is 5.11. The van der Waals surface area contributed by atoms with Crippen LogP contribution >= 0.6 is 0 Å². The van der Waals surface area contributed by atoms with Gasteiger partial charge >= 0.3 is 0 Å². The number of nitrogens with one attached hydrogen (secondary N) is 1. The molecule has 2 unspecified atom stereocenters. The molecular formula is C20H33N4+. The fourth-order valence-electron chi connectivity index (χ4n) is 4.64. The summed E-state index contributed by atoms with van der Waals surface area (Å²) >= 11 is 0. The largest absolute Gasteiger partial charge is 0.272 e. The molecule has 2 atom stereocenters. The normalized spacial score (nSPS) is 28.4. The predicted octanol–water partition coefficient (Wildman–Crippen LogP) is 3.61. The van der Waals surface area contributed by atoms with Gasteiger partial charge in [0.05, 0.1) is 0 Å². The second-order valence-corrected chi connectivity index (χ2v) is 8.51. The lowest BCUT2D eigenvalue weighted by Gasteiger charge is -2.52. The van der Waals surface area contributed by atoms with Crippen molar-refractivity contribution in [3.05, 3.63) is 30.1 Å². The van der Waals surface area contributed by atoms with E-state index >= 15 is 0 Å². The van der Waals surface area contributed by atoms with Crippen LogP contribution in [0.25, 0.3) is 0 Å². The molecule has 3 heterocycles. The third kappa shape index (κ3) is 2.08. The number of aromatic nitrogens is 1. The number of hydrogen-bond donors (Lipinski definition) is 1. The molecule has 24 heavy (non-hydrogen) atoms. The van der Waals surface area contributed by atoms with E-state index in [2.05, 4.69) is 87.9 Å². The Labute approximate surface area is 146 Å². The first kappa shape index (κ1) is 17.4. The van der Waals surface area contributed by atoms with Crippen LogP contribution in [-0.2, 0) is 5.54 Å². The molecule has 1 aromatic rings. The monoisotopic (exact) mass is 329 g/mol. The summed E-state index contributed by atoms with van der Waals surface area (Å²) in [5, 5.41) is 2.39. The SMILES string of the molecule is CCC1(C)N2NC(C(C)(C)C)N=C2c2cccc[n+]2C1(CC)CC. The van der Waals surface area contributed by atoms with Crippen LogP contribution in [0, 0.1) is 5.41 Å². The Balaban J connectivity index is 2.27. The fraction of sp³-hybridized carbons (Fsp3) is 0.700. The van der Waals surface area contributed by atoms with Crippen molar-refractivity contribution in [3.8, 4) is 0 Å². The molecule has 0 saturated carbocycles. The predicted molar refractivity (Wildman–Crippen MR) is 98.6 cm³/mol. The Hall–Kier alpha value is -1.42. The molecule has 4 nitrogen and oxygen atoms in total. The van der Waals surface area contributed by atoms with Crippen molar-refractivity contribution in [2.75, 3.05) is 0 Å². The zero-order valence-electron chi connectivity index (χ0n) is 16.3. The Bertz CT molecular complexity index is 654. The van der Waals surface area contributed by atoms with Gasteiger partial charge in [0.15, 0.2) is 11.7 Å². The number of aliphatic imine (C=N–C) groups is 1. The van der Waals surface area contributed by atoms with Gasteiger partial charge in [-0.25, -0.2) is 10.4 Å². The standard InChI is InChI=1S/C20H33N4/c1-8-19(7)20(9-2,10-3)23-14-12-11-13-15(23)16-21-17(18(4,5)6)22-24(16)19/h11-14,17,22H,8-10H2,1-7H3/q+1. The highest BCUT2D eigenvalue weighted by molar-refractivity contribution is 5.97. The van der Waals surface area contributed by atoms with Gasteiger partial charge in [0.1, 0.15) is 11.7 Å². The van der Waals surface area contributed by atoms with E-state index in [1.54, 1.807) is 0 Å². The van der Waals surface area contributed by atoms with Crippen LogP contribution in [0.4, 0.5) is 0 Å². The van der Waals surface area contributed by atoms with Crippen molar-refractivity contribution in [2.24, 2.45) is 10.4 Å². The number of fused-ring (bicyclic) bond motifs is 3. The molecule has 0 aliphatic carbocycles. The minimum atomic E-state index is -0.0195. The first-order valence-electron chi connectivity index (χ1n) is 9.41. The maximum atomic E-state index is 5.11. The Kier molecular flexibility index (Phi) is 4.03. The highest BCUT2D eigenvalue weighted by atomic mass is 15.7. The average molecular weight is 330 g/mol. The average Bonchev–Trinajstić information content (AvgIpc) is 3.02. The van der Waals surface area contributed by atoms with E-state index < -0.39 is 0 Å². The number of amidine groups is 1. The smallest absolute Gasteiger partial charge is 0.249 e. The van der Waals surface area contributed by atoms with Crippen LogP contribution in [0.2, 0.25) is 0 Å². The molecular weight excluding hydrogens is 296 g/mol. The minimum absolute atomic E-state index is 0.0195. The van der Waals surface area contributed by atoms with Gasteiger partial charge in [-0.1, -0.05) is 41.5 Å². The lowest BCUT2D eigenvalue weighted by atomic mass is 9.69. The summed E-state index contributed by atoms with van der Waals surface area (Å²) in [6.07, 6.45) is 5.62. The lowest BCUT2D eigenvalue weighted by molar-refractivity contribution is -0.784. The third-order valence-electron chi connectivity index (χ3n) is 6.44. The maximum Gasteiger partial charge on any atom is 0.249 e. The van der Waals surface area contributed by atoms with Crippen molar-refractivity contribution in [1.29, 1.82) is 0 Å². The van der Waals surface area contributed by atoms with Crippen LogP contribution in [0.5, 0.6) is 0 Å². The third-order valence-corrected chi connectivity index (χ3v) is 6.44. The van der Waals surface area contributed by atoms with Gasteiger partial charge in [-0.15, -0.1) is 0 Å². The summed E-state index contributed by atoms with van der Waals surface area (Å²) in [7, 11) is 0. The highest BCUT2D eigenvalue weighted by Crippen LogP contribution is 2.44. The van der Waals surface area contributed by atoms with E-state index in [1.165, 1.54) is 5.69 Å². The number of hydrogen-bond acceptors (Lipinski definition) is 3. The second-order valence-electron chi connectivity index (χ2n) is 8.51. The van der Waals surface area contributed by atoms with Gasteiger partial charge in [-0.2, -0.15) is 4.57 Å². The first-order valence-corrected chi connectivity index (χ1v) is 9.41. The van der Waals surface area contributed by atoms with Crippen LogP contribution in [0.15, 0.2) is 29.4 Å². The molecule has 2 aliphatic heterocycles. The molecule has 0 bridgehead atoms. The number of rotatable bonds is 3. The molecule has 0 aromatic carbocycles. The van der Waals surface area contributed by atoms with E-state index in [-0.39, 0.29) is 22.7 Å². The van der Waals surface area contributed by atoms with Crippen molar-refractivity contribution >= 4 is 5.84 Å². The summed E-state index contributed by atoms with van der Waals surface area (Å²) in [5.41, 5.74) is 5.10. The number of nitrogens with zero attached hydrogens (tertiary/aromatic N) is 3. The molecule has 3 rings (SSSR count). The topological polar surface area (TPSA) is 31.5 Å². The molecule has 0 saturated heterocycles. The van der Waals surface area contributed by atoms with Gasteiger partial charge < -0.3 is 0 Å². The highest BCUT2D eigenvalue weighted by Gasteiger charge is 2.63. The summed E-state index contributed by atoms with van der Waals surface area (Å²) < 4.78 is 2.50. The Morgan fingerprint density at radius 1 is 1.17 bits per heavy atom. The van der Waals surface area contributed by atoms with E-state index in [0.717, 1.165) is 25.1 Å². The molecule has 0 amide bonds. The van der Waals surface area contributed by atoms with Gasteiger partial charge in [0, 0.05) is 25.0 Å². The number of hydrazine groups is 1. The lowest BCUT2D eigenvalue weighted by Crippen LogP contribution is -2.80. The van der Waals surface area contributed by atoms with E-state index in [1.807, 2.05) is 0 Å². The first-order chi connectivity index (χ1) is 11.2. The minimum Gasteiger partial charge on any atom is -0.272 e. The summed E-state index contributed by atoms with van der Waals surface area (Å²) in [6.45, 7) is 16.1. The van der Waals surface area contributed by atoms with Gasteiger partial charge in [-0.05, 0) is 24.8 Å². The van der Waals surface area contributed by atoms with E-state index in [0.29, 0.717) is 0 Å². The molecule has 1 aromatic heterocycles. The van der Waals surface area contributed by atoms with Crippen molar-refractivity contribution in [2.45, 2.75) is 85.0 Å². The Morgan fingerprint density at radius 2 is 1.83 bits per heavy atom. The van der Waals surface area contributed by atoms with Crippen LogP contribution in [-0.4, -0.2) is 22.5 Å². The van der Waals surface area contributed by atoms with Crippen LogP contribution in [0.3, 0.4) is 0 Å². The van der Waals surface area contributed by atoms with Gasteiger partial charge in [0.25, 0.3) is 0 Å². The van der Waals surface area contributed by atoms with Gasteiger partial charge in [0.2, 0.25) is 11.5 Å². The molecule has 4 heteroatoms. The van der Waals surface area contributed by atoms with E-state index in [4.69, 9.17) is 4.99 Å². The second kappa shape index (κ2) is 5.55. The quantitative estimate of drug-likeness (QED) is 0.859. The van der Waals surface area contributed by atoms with Crippen LogP contribution < -0.4 is 9.99 Å². The van der Waals surface area contributed by atoms with E-state index in [9.17, 15) is 0 Å². The fourth-order valence-corrected chi connectivity index (χ4v) is 4.64. The van der Waals surface area contributed by atoms with Crippen molar-refractivity contribution in [3.63, 3.8) is 0 Å². The molecule has 0 fully saturated rings. The van der Waals surface area contributed by atoms with Crippen molar-refractivity contribution in [1.82, 2.24) is 10.4 Å². The summed E-state index contributed by atoms with van der Waals surface area (Å²) in [4.78, 5) is 5.11. The van der Waals surface area contributed by atoms with Gasteiger partial charge in [-0.3, -0.25) is 5.01 Å². The molecule has 2 aliphatic rings. The zero-order valence-corrected chi connectivity index (χ0v) is 16.3.